The lowest BCUT2D eigenvalue weighted by Gasteiger charge is -2.41. The van der Waals surface area contributed by atoms with Crippen LogP contribution in [0, 0.1) is 11.3 Å². The maximum absolute atomic E-state index is 12.7. The number of nitrogens with one attached hydrogen (secondary N) is 1. The van der Waals surface area contributed by atoms with E-state index < -0.39 is 16.6 Å². The first-order valence-corrected chi connectivity index (χ1v) is 17.3. The number of ether oxygens (including phenoxy) is 1. The summed E-state index contributed by atoms with van der Waals surface area (Å²) in [7, 11) is -3.22. The van der Waals surface area contributed by atoms with Crippen LogP contribution in [0.15, 0.2) is 58.5 Å². The van der Waals surface area contributed by atoms with Crippen molar-refractivity contribution in [1.82, 2.24) is 0 Å². The molecule has 0 bridgehead atoms. The Balaban J connectivity index is 1.77. The third-order valence-corrected chi connectivity index (χ3v) is 11.1. The van der Waals surface area contributed by atoms with Gasteiger partial charge in [0.1, 0.15) is 5.75 Å². The molecular formula is C31H42N2O6S2. The molecule has 8 nitrogen and oxygen atoms in total. The Morgan fingerprint density at radius 2 is 1.88 bits per heavy atom. The van der Waals surface area contributed by atoms with Gasteiger partial charge in [-0.05, 0) is 62.3 Å². The van der Waals surface area contributed by atoms with E-state index in [1.54, 1.807) is 6.07 Å². The Hall–Kier alpha value is -2.66. The van der Waals surface area contributed by atoms with Gasteiger partial charge in [0.2, 0.25) is 5.91 Å². The maximum Gasteiger partial charge on any atom is 0.331 e. The lowest BCUT2D eigenvalue weighted by molar-refractivity contribution is -0.131. The lowest BCUT2D eigenvalue weighted by atomic mass is 9.81. The SMILES string of the molecule is CCCCC1(CC)CN(c2ccc(NC(=O)C3CCCC3)cc2)c2cc(SC)c(O/C=C/C(=O)O)cc2S(O)(O)C1. The number of carboxylic acids is 1. The van der Waals surface area contributed by atoms with E-state index in [1.165, 1.54) is 11.8 Å². The number of aliphatic carboxylic acids is 1. The summed E-state index contributed by atoms with van der Waals surface area (Å²) in [4.78, 5) is 27.0. The van der Waals surface area contributed by atoms with Crippen LogP contribution in [-0.2, 0) is 9.59 Å². The molecule has 1 atom stereocenters. The average Bonchev–Trinajstić information content (AvgIpc) is 3.47. The number of nitrogens with zero attached hydrogens (tertiary/aromatic N) is 1. The summed E-state index contributed by atoms with van der Waals surface area (Å²) >= 11 is 1.44. The highest BCUT2D eigenvalue weighted by atomic mass is 32.3. The molecule has 0 saturated heterocycles. The van der Waals surface area contributed by atoms with Crippen molar-refractivity contribution in [2.45, 2.75) is 75.0 Å². The first-order chi connectivity index (χ1) is 19.6. The fourth-order valence-corrected chi connectivity index (χ4v) is 8.66. The Labute approximate surface area is 248 Å². The molecule has 0 radical (unpaired) electrons. The molecular weight excluding hydrogens is 560 g/mol. The highest BCUT2D eigenvalue weighted by Gasteiger charge is 2.42. The van der Waals surface area contributed by atoms with Crippen LogP contribution in [0.1, 0.15) is 65.2 Å². The highest BCUT2D eigenvalue weighted by molar-refractivity contribution is 8.24. The second kappa shape index (κ2) is 13.5. The first kappa shape index (κ1) is 31.3. The molecule has 0 aromatic heterocycles. The van der Waals surface area contributed by atoms with Gasteiger partial charge < -0.3 is 20.1 Å². The number of hydrogen-bond acceptors (Lipinski definition) is 7. The quantitative estimate of drug-likeness (QED) is 0.115. The van der Waals surface area contributed by atoms with Gasteiger partial charge in [-0.3, -0.25) is 13.9 Å². The van der Waals surface area contributed by atoms with Crippen molar-refractivity contribution >= 4 is 51.3 Å². The van der Waals surface area contributed by atoms with Gasteiger partial charge in [0.05, 0.1) is 27.8 Å². The molecule has 4 rings (SSSR count). The monoisotopic (exact) mass is 602 g/mol. The molecule has 4 N–H and O–H groups in total. The normalized spacial score (nSPS) is 21.3. The zero-order valence-corrected chi connectivity index (χ0v) is 25.7. The second-order valence-electron chi connectivity index (χ2n) is 11.1. The molecule has 10 heteroatoms. The number of unbranched alkanes of at least 4 members (excludes halogenated alkanes) is 1. The molecule has 1 unspecified atom stereocenters. The summed E-state index contributed by atoms with van der Waals surface area (Å²) < 4.78 is 29.0. The van der Waals surface area contributed by atoms with Crippen molar-refractivity contribution < 1.29 is 28.5 Å². The van der Waals surface area contributed by atoms with Gasteiger partial charge in [0.15, 0.2) is 0 Å². The van der Waals surface area contributed by atoms with Crippen molar-refractivity contribution in [2.75, 3.05) is 28.8 Å². The van der Waals surface area contributed by atoms with E-state index >= 15 is 0 Å². The number of rotatable bonds is 11. The topological polar surface area (TPSA) is 119 Å². The third kappa shape index (κ3) is 7.41. The minimum Gasteiger partial charge on any atom is -0.478 e. The minimum absolute atomic E-state index is 0.0722. The fraction of sp³-hybridized carbons (Fsp3) is 0.484. The predicted molar refractivity (Wildman–Crippen MR) is 168 cm³/mol. The van der Waals surface area contributed by atoms with Gasteiger partial charge in [0.25, 0.3) is 0 Å². The molecule has 1 amide bonds. The van der Waals surface area contributed by atoms with Crippen LogP contribution in [0.4, 0.5) is 17.1 Å². The average molecular weight is 603 g/mol. The molecule has 0 spiro atoms. The summed E-state index contributed by atoms with van der Waals surface area (Å²) in [5.74, 6) is -0.377. The van der Waals surface area contributed by atoms with Crippen LogP contribution in [0.5, 0.6) is 5.75 Å². The van der Waals surface area contributed by atoms with Crippen molar-refractivity contribution in [2.24, 2.45) is 11.3 Å². The van der Waals surface area contributed by atoms with Gasteiger partial charge in [-0.1, -0.05) is 39.5 Å². The van der Waals surface area contributed by atoms with E-state index in [2.05, 4.69) is 24.1 Å². The molecule has 2 aliphatic rings. The smallest absolute Gasteiger partial charge is 0.331 e. The van der Waals surface area contributed by atoms with E-state index in [1.807, 2.05) is 36.6 Å². The Kier molecular flexibility index (Phi) is 10.3. The zero-order valence-electron chi connectivity index (χ0n) is 24.1. The minimum atomic E-state index is -3.22. The number of hydrogen-bond donors (Lipinski definition) is 4. The third-order valence-electron chi connectivity index (χ3n) is 8.28. The summed E-state index contributed by atoms with van der Waals surface area (Å²) in [5, 5.41) is 12.1. The Morgan fingerprint density at radius 3 is 2.49 bits per heavy atom. The van der Waals surface area contributed by atoms with Crippen LogP contribution >= 0.6 is 22.4 Å². The Morgan fingerprint density at radius 1 is 1.17 bits per heavy atom. The van der Waals surface area contributed by atoms with E-state index in [-0.39, 0.29) is 23.0 Å². The van der Waals surface area contributed by atoms with Crippen molar-refractivity contribution in [3.8, 4) is 5.75 Å². The maximum atomic E-state index is 12.7. The van der Waals surface area contributed by atoms with Gasteiger partial charge in [-0.25, -0.2) is 4.79 Å². The molecule has 1 aliphatic carbocycles. The first-order valence-electron chi connectivity index (χ1n) is 14.3. The van der Waals surface area contributed by atoms with Crippen molar-refractivity contribution in [3.63, 3.8) is 0 Å². The van der Waals surface area contributed by atoms with Crippen LogP contribution < -0.4 is 15.0 Å². The largest absolute Gasteiger partial charge is 0.478 e. The van der Waals surface area contributed by atoms with E-state index in [0.29, 0.717) is 22.9 Å². The zero-order chi connectivity index (χ0) is 29.6. The van der Waals surface area contributed by atoms with E-state index in [9.17, 15) is 18.7 Å². The Bertz CT molecular complexity index is 1260. The lowest BCUT2D eigenvalue weighted by Crippen LogP contribution is -2.37. The molecule has 1 saturated carbocycles. The van der Waals surface area contributed by atoms with Crippen molar-refractivity contribution in [3.05, 3.63) is 48.7 Å². The summed E-state index contributed by atoms with van der Waals surface area (Å²) in [6.07, 6.45) is 11.6. The summed E-state index contributed by atoms with van der Waals surface area (Å²) in [6, 6.07) is 11.3. The number of fused-ring (bicyclic) bond motifs is 1. The predicted octanol–water partition coefficient (Wildman–Crippen LogP) is 8.36. The number of thioether (sulfide) groups is 1. The van der Waals surface area contributed by atoms with Gasteiger partial charge >= 0.3 is 5.97 Å². The van der Waals surface area contributed by atoms with Crippen LogP contribution in [0.25, 0.3) is 0 Å². The van der Waals surface area contributed by atoms with Crippen LogP contribution in [-0.4, -0.2) is 44.6 Å². The second-order valence-corrected chi connectivity index (χ2v) is 14.0. The fourth-order valence-electron chi connectivity index (χ4n) is 5.87. The van der Waals surface area contributed by atoms with Crippen molar-refractivity contribution in [1.29, 1.82) is 0 Å². The molecule has 1 heterocycles. The van der Waals surface area contributed by atoms with Gasteiger partial charge in [-0.2, -0.15) is 10.6 Å². The standard InChI is InChI=1S/C31H42N2O6S2/c1-4-6-16-31(5-2)20-33(24-13-11-23(12-14-24)32-30(36)22-9-7-8-10-22)25-18-27(40-3)26(39-17-15-29(34)35)19-28(25)41(37,38)21-31/h11-15,17-19,22,37-38H,4-10,16,20-21H2,1-3H3,(H,32,36)(H,34,35)/b17-15+. The van der Waals surface area contributed by atoms with E-state index in [4.69, 9.17) is 9.84 Å². The summed E-state index contributed by atoms with van der Waals surface area (Å²) in [5.41, 5.74) is 1.99. The number of carboxylic acid groups (broad SMARTS) is 1. The number of anilines is 3. The van der Waals surface area contributed by atoms with Gasteiger partial charge in [-0.15, -0.1) is 11.8 Å². The molecule has 1 fully saturated rings. The molecule has 224 valence electrons. The number of carbonyl (C=O) groups is 2. The number of benzene rings is 2. The molecule has 2 aromatic rings. The summed E-state index contributed by atoms with van der Waals surface area (Å²) in [6.45, 7) is 4.86. The van der Waals surface area contributed by atoms with Crippen LogP contribution in [0.2, 0.25) is 0 Å². The van der Waals surface area contributed by atoms with E-state index in [0.717, 1.165) is 80.0 Å². The highest BCUT2D eigenvalue weighted by Crippen LogP contribution is 2.62. The van der Waals surface area contributed by atoms with Crippen LogP contribution in [0.3, 0.4) is 0 Å². The molecule has 41 heavy (non-hydrogen) atoms. The molecule has 2 aromatic carbocycles. The number of carbonyl (C=O) groups excluding carboxylic acids is 1. The molecule has 1 aliphatic heterocycles. The number of amides is 1. The van der Waals surface area contributed by atoms with Gasteiger partial charge in [0, 0.05) is 41.1 Å².